The van der Waals surface area contributed by atoms with E-state index in [-0.39, 0.29) is 5.91 Å². The quantitative estimate of drug-likeness (QED) is 0.873. The van der Waals surface area contributed by atoms with E-state index in [1.165, 1.54) is 0 Å². The highest BCUT2D eigenvalue weighted by atomic mass is 35.5. The molecule has 0 bridgehead atoms. The summed E-state index contributed by atoms with van der Waals surface area (Å²) in [6.07, 6.45) is 0. The zero-order valence-electron chi connectivity index (χ0n) is 10.7. The highest BCUT2D eigenvalue weighted by Gasteiger charge is 2.09. The topological polar surface area (TPSA) is 32.3 Å². The third-order valence-electron chi connectivity index (χ3n) is 2.72. The number of rotatable bonds is 6. The van der Waals surface area contributed by atoms with Crippen LogP contribution in [0.2, 0.25) is 10.0 Å². The molecule has 0 fully saturated rings. The third kappa shape index (κ3) is 4.48. The lowest BCUT2D eigenvalue weighted by atomic mass is 10.2. The molecule has 0 heterocycles. The second-order valence-corrected chi connectivity index (χ2v) is 4.75. The zero-order valence-corrected chi connectivity index (χ0v) is 12.2. The lowest BCUT2D eigenvalue weighted by molar-refractivity contribution is -0.129. The van der Waals surface area contributed by atoms with E-state index >= 15 is 0 Å². The Morgan fingerprint density at radius 1 is 1.28 bits per heavy atom. The Balaban J connectivity index is 2.46. The Morgan fingerprint density at radius 2 is 1.94 bits per heavy atom. The summed E-state index contributed by atoms with van der Waals surface area (Å²) < 4.78 is 0. The lowest BCUT2D eigenvalue weighted by Gasteiger charge is -2.18. The highest BCUT2D eigenvalue weighted by molar-refractivity contribution is 6.33. The number of nitrogens with zero attached hydrogens (tertiary/aromatic N) is 1. The van der Waals surface area contributed by atoms with Crippen LogP contribution >= 0.6 is 23.2 Å². The molecule has 3 nitrogen and oxygen atoms in total. The van der Waals surface area contributed by atoms with Crippen molar-refractivity contribution in [3.63, 3.8) is 0 Å². The number of carbonyl (C=O) groups excluding carboxylic acids is 1. The Hall–Kier alpha value is -0.770. The van der Waals surface area contributed by atoms with Crippen LogP contribution in [0.1, 0.15) is 19.4 Å². The molecule has 100 valence electrons. The van der Waals surface area contributed by atoms with E-state index in [4.69, 9.17) is 23.2 Å². The van der Waals surface area contributed by atoms with Crippen molar-refractivity contribution in [2.45, 2.75) is 20.4 Å². The molecular formula is C13H18Cl2N2O. The van der Waals surface area contributed by atoms with Gasteiger partial charge in [0.1, 0.15) is 0 Å². The number of benzene rings is 1. The molecule has 1 amide bonds. The smallest absolute Gasteiger partial charge is 0.236 e. The number of halogens is 2. The van der Waals surface area contributed by atoms with Crippen LogP contribution in [-0.2, 0) is 11.3 Å². The molecule has 0 unspecified atom stereocenters. The second-order valence-electron chi connectivity index (χ2n) is 3.91. The van der Waals surface area contributed by atoms with Crippen LogP contribution in [0.5, 0.6) is 0 Å². The van der Waals surface area contributed by atoms with Crippen molar-refractivity contribution >= 4 is 29.1 Å². The number of likely N-dealkylation sites (N-methyl/N-ethyl adjacent to an activating group) is 1. The van der Waals surface area contributed by atoms with Gasteiger partial charge < -0.3 is 10.2 Å². The molecule has 1 N–H and O–H groups in total. The molecule has 1 rings (SSSR count). The van der Waals surface area contributed by atoms with Gasteiger partial charge in [0.25, 0.3) is 0 Å². The first-order chi connectivity index (χ1) is 8.58. The standard InChI is InChI=1S/C13H18Cl2N2O/c1-3-17(4-2)13(18)9-16-8-10-7-11(14)5-6-12(10)15/h5-7,16H,3-4,8-9H2,1-2H3. The summed E-state index contributed by atoms with van der Waals surface area (Å²) in [7, 11) is 0. The predicted molar refractivity (Wildman–Crippen MR) is 76.1 cm³/mol. The summed E-state index contributed by atoms with van der Waals surface area (Å²) in [5.41, 5.74) is 0.900. The van der Waals surface area contributed by atoms with Gasteiger partial charge in [0.2, 0.25) is 5.91 Å². The predicted octanol–water partition coefficient (Wildman–Crippen LogP) is 2.95. The van der Waals surface area contributed by atoms with Crippen molar-refractivity contribution in [3.8, 4) is 0 Å². The minimum atomic E-state index is 0.0955. The van der Waals surface area contributed by atoms with E-state index in [2.05, 4.69) is 5.32 Å². The number of hydrogen-bond donors (Lipinski definition) is 1. The van der Waals surface area contributed by atoms with E-state index in [9.17, 15) is 4.79 Å². The first kappa shape index (κ1) is 15.3. The number of nitrogens with one attached hydrogen (secondary N) is 1. The highest BCUT2D eigenvalue weighted by Crippen LogP contribution is 2.20. The van der Waals surface area contributed by atoms with Gasteiger partial charge in [-0.1, -0.05) is 23.2 Å². The van der Waals surface area contributed by atoms with Gasteiger partial charge in [-0.15, -0.1) is 0 Å². The molecule has 5 heteroatoms. The molecule has 1 aromatic carbocycles. The normalized spacial score (nSPS) is 10.4. The lowest BCUT2D eigenvalue weighted by Crippen LogP contribution is -2.37. The van der Waals surface area contributed by atoms with Crippen LogP contribution in [0.15, 0.2) is 18.2 Å². The van der Waals surface area contributed by atoms with Crippen LogP contribution in [0.4, 0.5) is 0 Å². The maximum absolute atomic E-state index is 11.8. The number of amides is 1. The van der Waals surface area contributed by atoms with Gasteiger partial charge in [0.15, 0.2) is 0 Å². The maximum atomic E-state index is 11.8. The van der Waals surface area contributed by atoms with E-state index in [1.807, 2.05) is 13.8 Å². The Labute approximate surface area is 118 Å². The van der Waals surface area contributed by atoms with Crippen LogP contribution in [0, 0.1) is 0 Å². The average Bonchev–Trinajstić information content (AvgIpc) is 2.35. The van der Waals surface area contributed by atoms with Crippen molar-refractivity contribution in [2.75, 3.05) is 19.6 Å². The molecular weight excluding hydrogens is 271 g/mol. The van der Waals surface area contributed by atoms with Crippen LogP contribution < -0.4 is 5.32 Å². The fourth-order valence-electron chi connectivity index (χ4n) is 1.67. The van der Waals surface area contributed by atoms with Gasteiger partial charge in [-0.05, 0) is 37.6 Å². The van der Waals surface area contributed by atoms with Crippen molar-refractivity contribution in [1.29, 1.82) is 0 Å². The Bertz CT molecular complexity index is 406. The van der Waals surface area contributed by atoms with Crippen LogP contribution in [-0.4, -0.2) is 30.4 Å². The summed E-state index contributed by atoms with van der Waals surface area (Å²) in [4.78, 5) is 13.5. The molecule has 0 aliphatic rings. The number of hydrogen-bond acceptors (Lipinski definition) is 2. The Kier molecular flexibility index (Phi) is 6.47. The van der Waals surface area contributed by atoms with Crippen molar-refractivity contribution in [2.24, 2.45) is 0 Å². The van der Waals surface area contributed by atoms with Gasteiger partial charge in [-0.3, -0.25) is 4.79 Å². The fraction of sp³-hybridized carbons (Fsp3) is 0.462. The van der Waals surface area contributed by atoms with E-state index < -0.39 is 0 Å². The van der Waals surface area contributed by atoms with E-state index in [0.29, 0.717) is 23.1 Å². The summed E-state index contributed by atoms with van der Waals surface area (Å²) in [5, 5.41) is 4.38. The molecule has 0 aliphatic carbocycles. The van der Waals surface area contributed by atoms with Crippen molar-refractivity contribution in [1.82, 2.24) is 10.2 Å². The first-order valence-corrected chi connectivity index (χ1v) is 6.76. The van der Waals surface area contributed by atoms with Gasteiger partial charge in [0, 0.05) is 29.7 Å². The zero-order chi connectivity index (χ0) is 13.5. The molecule has 0 saturated heterocycles. The van der Waals surface area contributed by atoms with Crippen molar-refractivity contribution < 1.29 is 4.79 Å². The Morgan fingerprint density at radius 3 is 2.56 bits per heavy atom. The van der Waals surface area contributed by atoms with Gasteiger partial charge in [0.05, 0.1) is 6.54 Å². The molecule has 0 aromatic heterocycles. The molecule has 0 aliphatic heterocycles. The van der Waals surface area contributed by atoms with Gasteiger partial charge >= 0.3 is 0 Å². The maximum Gasteiger partial charge on any atom is 0.236 e. The second kappa shape index (κ2) is 7.62. The summed E-state index contributed by atoms with van der Waals surface area (Å²) in [5.74, 6) is 0.0955. The summed E-state index contributed by atoms with van der Waals surface area (Å²) >= 11 is 11.9. The SMILES string of the molecule is CCN(CC)C(=O)CNCc1cc(Cl)ccc1Cl. The molecule has 0 spiro atoms. The largest absolute Gasteiger partial charge is 0.342 e. The summed E-state index contributed by atoms with van der Waals surface area (Å²) in [6, 6.07) is 5.31. The van der Waals surface area contributed by atoms with E-state index in [0.717, 1.165) is 18.7 Å². The van der Waals surface area contributed by atoms with Crippen LogP contribution in [0.25, 0.3) is 0 Å². The van der Waals surface area contributed by atoms with Gasteiger partial charge in [-0.2, -0.15) is 0 Å². The first-order valence-electron chi connectivity index (χ1n) is 6.00. The third-order valence-corrected chi connectivity index (χ3v) is 3.32. The minimum Gasteiger partial charge on any atom is -0.342 e. The molecule has 18 heavy (non-hydrogen) atoms. The molecule has 0 atom stereocenters. The fourth-order valence-corrected chi connectivity index (χ4v) is 2.05. The molecule has 0 radical (unpaired) electrons. The van der Waals surface area contributed by atoms with Gasteiger partial charge in [-0.25, -0.2) is 0 Å². The molecule has 0 saturated carbocycles. The minimum absolute atomic E-state index is 0.0955. The molecule has 1 aromatic rings. The van der Waals surface area contributed by atoms with Crippen molar-refractivity contribution in [3.05, 3.63) is 33.8 Å². The monoisotopic (exact) mass is 288 g/mol. The summed E-state index contributed by atoms with van der Waals surface area (Å²) in [6.45, 7) is 6.24. The van der Waals surface area contributed by atoms with E-state index in [1.54, 1.807) is 23.1 Å². The average molecular weight is 289 g/mol. The van der Waals surface area contributed by atoms with Crippen LogP contribution in [0.3, 0.4) is 0 Å². The number of carbonyl (C=O) groups is 1.